The lowest BCUT2D eigenvalue weighted by Crippen LogP contribution is -2.49. The van der Waals surface area contributed by atoms with Crippen molar-refractivity contribution >= 4 is 26.6 Å². The van der Waals surface area contributed by atoms with Crippen LogP contribution in [0.1, 0.15) is 0 Å². The number of fused-ring (bicyclic) bond motifs is 1. The summed E-state index contributed by atoms with van der Waals surface area (Å²) in [6.07, 6.45) is 0. The van der Waals surface area contributed by atoms with Gasteiger partial charge in [0.05, 0.1) is 24.8 Å². The van der Waals surface area contributed by atoms with Gasteiger partial charge in [-0.25, -0.2) is 8.42 Å². The molecule has 35 heavy (non-hydrogen) atoms. The van der Waals surface area contributed by atoms with Crippen LogP contribution in [0, 0.1) is 0 Å². The Hall–Kier alpha value is -3.69. The van der Waals surface area contributed by atoms with Crippen molar-refractivity contribution in [3.63, 3.8) is 0 Å². The fourth-order valence-corrected chi connectivity index (χ4v) is 5.72. The van der Waals surface area contributed by atoms with E-state index in [0.717, 1.165) is 22.5 Å². The van der Waals surface area contributed by atoms with Crippen molar-refractivity contribution in [1.29, 1.82) is 0 Å². The number of piperazine rings is 1. The van der Waals surface area contributed by atoms with E-state index in [4.69, 9.17) is 9.47 Å². The fourth-order valence-electron chi connectivity index (χ4n) is 4.28. The SMILES string of the molecule is COc1ccc(S(=O)(=O)N2CCN(c3ccc(-c4ccc5ccccc5c4)nn3)CC2)cc1OC. The largest absolute Gasteiger partial charge is 0.493 e. The Kier molecular flexibility index (Phi) is 6.27. The van der Waals surface area contributed by atoms with Crippen LogP contribution in [-0.4, -0.2) is 63.3 Å². The Morgan fingerprint density at radius 2 is 1.49 bits per heavy atom. The smallest absolute Gasteiger partial charge is 0.243 e. The maximum Gasteiger partial charge on any atom is 0.243 e. The first-order valence-corrected chi connectivity index (χ1v) is 12.7. The van der Waals surface area contributed by atoms with Crippen molar-refractivity contribution in [2.75, 3.05) is 45.3 Å². The molecule has 4 aromatic rings. The minimum Gasteiger partial charge on any atom is -0.493 e. The standard InChI is InChI=1S/C26H26N4O4S/c1-33-24-11-9-22(18-25(24)34-2)35(31,32)30-15-13-29(14-16-30)26-12-10-23(27-28-26)21-8-7-19-5-3-4-6-20(19)17-21/h3-12,17-18H,13-16H2,1-2H3. The summed E-state index contributed by atoms with van der Waals surface area (Å²) in [4.78, 5) is 2.24. The predicted molar refractivity (Wildman–Crippen MR) is 135 cm³/mol. The number of anilines is 1. The van der Waals surface area contributed by atoms with Crippen molar-refractivity contribution in [2.24, 2.45) is 0 Å². The molecule has 0 aliphatic carbocycles. The van der Waals surface area contributed by atoms with Gasteiger partial charge in [0.25, 0.3) is 0 Å². The molecule has 0 radical (unpaired) electrons. The number of nitrogens with zero attached hydrogens (tertiary/aromatic N) is 4. The van der Waals surface area contributed by atoms with E-state index in [1.165, 1.54) is 30.0 Å². The number of aromatic nitrogens is 2. The highest BCUT2D eigenvalue weighted by molar-refractivity contribution is 7.89. The summed E-state index contributed by atoms with van der Waals surface area (Å²) in [5.41, 5.74) is 1.81. The molecule has 9 heteroatoms. The summed E-state index contributed by atoms with van der Waals surface area (Å²) < 4.78 is 38.3. The third kappa shape index (κ3) is 4.52. The molecule has 0 spiro atoms. The van der Waals surface area contributed by atoms with Gasteiger partial charge in [-0.2, -0.15) is 4.31 Å². The Morgan fingerprint density at radius 1 is 0.743 bits per heavy atom. The third-order valence-corrected chi connectivity index (χ3v) is 8.15. The second-order valence-corrected chi connectivity index (χ2v) is 10.2. The molecule has 1 fully saturated rings. The van der Waals surface area contributed by atoms with Crippen LogP contribution < -0.4 is 14.4 Å². The van der Waals surface area contributed by atoms with E-state index in [-0.39, 0.29) is 4.90 Å². The molecule has 3 aromatic carbocycles. The summed E-state index contributed by atoms with van der Waals surface area (Å²) in [5, 5.41) is 11.2. The van der Waals surface area contributed by atoms with E-state index in [1.807, 2.05) is 30.3 Å². The molecule has 0 N–H and O–H groups in total. The summed E-state index contributed by atoms with van der Waals surface area (Å²) >= 11 is 0. The van der Waals surface area contributed by atoms with Crippen LogP contribution in [0.5, 0.6) is 11.5 Å². The first-order valence-electron chi connectivity index (χ1n) is 11.3. The van der Waals surface area contributed by atoms with Gasteiger partial charge in [0.1, 0.15) is 0 Å². The number of hydrogen-bond donors (Lipinski definition) is 0. The molecule has 2 heterocycles. The second kappa shape index (κ2) is 9.52. The van der Waals surface area contributed by atoms with E-state index in [2.05, 4.69) is 39.4 Å². The summed E-state index contributed by atoms with van der Waals surface area (Å²) in [6.45, 7) is 1.75. The van der Waals surface area contributed by atoms with Crippen LogP contribution in [0.3, 0.4) is 0 Å². The average Bonchev–Trinajstić information content (AvgIpc) is 2.92. The van der Waals surface area contributed by atoms with Gasteiger partial charge in [-0.3, -0.25) is 0 Å². The molecule has 0 atom stereocenters. The average molecular weight is 491 g/mol. The molecular weight excluding hydrogens is 464 g/mol. The van der Waals surface area contributed by atoms with Gasteiger partial charge < -0.3 is 14.4 Å². The second-order valence-electron chi connectivity index (χ2n) is 8.25. The van der Waals surface area contributed by atoms with E-state index >= 15 is 0 Å². The highest BCUT2D eigenvalue weighted by Crippen LogP contribution is 2.31. The Bertz CT molecular complexity index is 1450. The number of sulfonamides is 1. The molecule has 1 aromatic heterocycles. The Morgan fingerprint density at radius 3 is 2.17 bits per heavy atom. The number of rotatable bonds is 6. The lowest BCUT2D eigenvalue weighted by atomic mass is 10.1. The topological polar surface area (TPSA) is 84.9 Å². The molecule has 1 aliphatic rings. The predicted octanol–water partition coefficient (Wildman–Crippen LogP) is 3.82. The highest BCUT2D eigenvalue weighted by atomic mass is 32.2. The van der Waals surface area contributed by atoms with E-state index in [9.17, 15) is 8.42 Å². The van der Waals surface area contributed by atoms with Crippen molar-refractivity contribution in [2.45, 2.75) is 4.90 Å². The molecule has 1 saturated heterocycles. The number of benzene rings is 3. The van der Waals surface area contributed by atoms with Gasteiger partial charge >= 0.3 is 0 Å². The zero-order valence-corrected chi connectivity index (χ0v) is 20.4. The highest BCUT2D eigenvalue weighted by Gasteiger charge is 2.30. The van der Waals surface area contributed by atoms with E-state index in [1.54, 1.807) is 12.1 Å². The minimum atomic E-state index is -3.65. The van der Waals surface area contributed by atoms with Crippen molar-refractivity contribution in [3.05, 3.63) is 72.8 Å². The molecule has 180 valence electrons. The normalized spacial score (nSPS) is 14.7. The van der Waals surface area contributed by atoms with Crippen LogP contribution in [0.2, 0.25) is 0 Å². The van der Waals surface area contributed by atoms with Crippen LogP contribution >= 0.6 is 0 Å². The quantitative estimate of drug-likeness (QED) is 0.406. The number of ether oxygens (including phenoxy) is 2. The first kappa shape index (κ1) is 23.1. The lowest BCUT2D eigenvalue weighted by Gasteiger charge is -2.34. The van der Waals surface area contributed by atoms with E-state index in [0.29, 0.717) is 37.7 Å². The summed E-state index contributed by atoms with van der Waals surface area (Å²) in [5.74, 6) is 1.61. The zero-order chi connectivity index (χ0) is 24.4. The van der Waals surface area contributed by atoms with Crippen molar-refractivity contribution in [1.82, 2.24) is 14.5 Å². The molecule has 5 rings (SSSR count). The molecule has 8 nitrogen and oxygen atoms in total. The van der Waals surface area contributed by atoms with Gasteiger partial charge in [0.15, 0.2) is 17.3 Å². The Balaban J connectivity index is 1.27. The maximum atomic E-state index is 13.2. The molecule has 1 aliphatic heterocycles. The minimum absolute atomic E-state index is 0.183. The monoisotopic (exact) mass is 490 g/mol. The van der Waals surface area contributed by atoms with E-state index < -0.39 is 10.0 Å². The Labute approximate surface area is 204 Å². The molecule has 0 bridgehead atoms. The van der Waals surface area contributed by atoms with Gasteiger partial charge in [0.2, 0.25) is 10.0 Å². The van der Waals surface area contributed by atoms with Crippen molar-refractivity contribution in [3.8, 4) is 22.8 Å². The third-order valence-electron chi connectivity index (χ3n) is 6.25. The van der Waals surface area contributed by atoms with Crippen LogP contribution in [-0.2, 0) is 10.0 Å². The molecule has 0 saturated carbocycles. The van der Waals surface area contributed by atoms with Crippen LogP contribution in [0.25, 0.3) is 22.0 Å². The van der Waals surface area contributed by atoms with Crippen molar-refractivity contribution < 1.29 is 17.9 Å². The molecule has 0 unspecified atom stereocenters. The van der Waals surface area contributed by atoms with Gasteiger partial charge in [-0.15, -0.1) is 10.2 Å². The van der Waals surface area contributed by atoms with Gasteiger partial charge in [0, 0.05) is 37.8 Å². The lowest BCUT2D eigenvalue weighted by molar-refractivity contribution is 0.353. The zero-order valence-electron chi connectivity index (χ0n) is 19.6. The van der Waals surface area contributed by atoms with Crippen LogP contribution in [0.15, 0.2) is 77.7 Å². The van der Waals surface area contributed by atoms with Crippen LogP contribution in [0.4, 0.5) is 5.82 Å². The van der Waals surface area contributed by atoms with Gasteiger partial charge in [-0.05, 0) is 41.1 Å². The van der Waals surface area contributed by atoms with Gasteiger partial charge in [-0.1, -0.05) is 36.4 Å². The summed E-state index contributed by atoms with van der Waals surface area (Å²) in [7, 11) is -0.649. The number of methoxy groups -OCH3 is 2. The summed E-state index contributed by atoms with van der Waals surface area (Å²) in [6, 6.07) is 23.0. The molecule has 0 amide bonds. The maximum absolute atomic E-state index is 13.2. The first-order chi connectivity index (χ1) is 17.0. The fraction of sp³-hybridized carbons (Fsp3) is 0.231. The number of hydrogen-bond acceptors (Lipinski definition) is 7. The molecular formula is C26H26N4O4S.